The van der Waals surface area contributed by atoms with Gasteiger partial charge in [-0.3, -0.25) is 0 Å². The van der Waals surface area contributed by atoms with Gasteiger partial charge in [0.05, 0.1) is 32.6 Å². The van der Waals surface area contributed by atoms with Crippen LogP contribution in [0.5, 0.6) is 0 Å². The van der Waals surface area contributed by atoms with E-state index in [9.17, 15) is 0 Å². The van der Waals surface area contributed by atoms with Crippen molar-refractivity contribution in [1.82, 2.24) is 15.0 Å². The topological polar surface area (TPSA) is 88.0 Å². The van der Waals surface area contributed by atoms with E-state index >= 15 is 0 Å². The highest BCUT2D eigenvalue weighted by molar-refractivity contribution is 6.33. The number of rotatable bonds is 5. The van der Waals surface area contributed by atoms with E-state index in [-0.39, 0.29) is 0 Å². The first-order chi connectivity index (χ1) is 13.8. The predicted octanol–water partition coefficient (Wildman–Crippen LogP) is 1.64. The van der Waals surface area contributed by atoms with Gasteiger partial charge in [0.2, 0.25) is 17.8 Å². The van der Waals surface area contributed by atoms with Crippen LogP contribution < -0.4 is 15.2 Å². The van der Waals surface area contributed by atoms with Crippen LogP contribution >= 0.6 is 11.6 Å². The van der Waals surface area contributed by atoms with Crippen molar-refractivity contribution in [1.29, 1.82) is 0 Å². The molecular weight excluding hydrogens is 382 g/mol. The Morgan fingerprint density at radius 2 is 1.46 bits per heavy atom. The summed E-state index contributed by atoms with van der Waals surface area (Å²) >= 11 is 6.16. The molecule has 1 N–H and O–H groups in total. The molecule has 0 saturated carbocycles. The van der Waals surface area contributed by atoms with Crippen molar-refractivity contribution in [2.75, 3.05) is 67.8 Å². The minimum Gasteiger partial charge on any atom is -0.378 e. The second-order valence-electron chi connectivity index (χ2n) is 6.35. The van der Waals surface area contributed by atoms with Crippen molar-refractivity contribution in [2.45, 2.75) is 0 Å². The van der Waals surface area contributed by atoms with Gasteiger partial charge in [-0.25, -0.2) is 5.43 Å². The summed E-state index contributed by atoms with van der Waals surface area (Å²) in [7, 11) is 0. The molecule has 1 aromatic carbocycles. The van der Waals surface area contributed by atoms with E-state index in [0.717, 1.165) is 31.7 Å². The van der Waals surface area contributed by atoms with Gasteiger partial charge in [-0.2, -0.15) is 20.1 Å². The Kier molecular flexibility index (Phi) is 6.15. The lowest BCUT2D eigenvalue weighted by Gasteiger charge is -2.30. The van der Waals surface area contributed by atoms with Crippen LogP contribution in [0.2, 0.25) is 5.02 Å². The highest BCUT2D eigenvalue weighted by atomic mass is 35.5. The highest BCUT2D eigenvalue weighted by Crippen LogP contribution is 2.19. The summed E-state index contributed by atoms with van der Waals surface area (Å²) in [6.07, 6.45) is 1.65. The molecule has 1 aromatic heterocycles. The molecule has 2 aliphatic heterocycles. The average molecular weight is 404 g/mol. The van der Waals surface area contributed by atoms with Gasteiger partial charge < -0.3 is 19.3 Å². The minimum atomic E-state index is 0.390. The molecule has 0 atom stereocenters. The van der Waals surface area contributed by atoms with Gasteiger partial charge >= 0.3 is 0 Å². The van der Waals surface area contributed by atoms with Crippen LogP contribution in [0.3, 0.4) is 0 Å². The number of ether oxygens (including phenoxy) is 2. The van der Waals surface area contributed by atoms with E-state index in [2.05, 4.69) is 35.3 Å². The Hall–Kier alpha value is -2.49. The number of benzene rings is 1. The molecule has 2 fully saturated rings. The first-order valence-corrected chi connectivity index (χ1v) is 9.62. The maximum atomic E-state index is 6.16. The zero-order valence-electron chi connectivity index (χ0n) is 15.4. The molecule has 2 saturated heterocycles. The zero-order chi connectivity index (χ0) is 19.2. The first kappa shape index (κ1) is 18.9. The fourth-order valence-corrected chi connectivity index (χ4v) is 3.14. The van der Waals surface area contributed by atoms with E-state index in [1.54, 1.807) is 6.21 Å². The molecule has 4 rings (SSSR count). The maximum Gasteiger partial charge on any atom is 0.250 e. The van der Waals surface area contributed by atoms with Crippen molar-refractivity contribution < 1.29 is 9.47 Å². The number of morpholine rings is 2. The number of nitrogens with zero attached hydrogens (tertiary/aromatic N) is 6. The number of hydrogen-bond donors (Lipinski definition) is 1. The molecular formula is C18H22ClN7O2. The molecule has 3 heterocycles. The summed E-state index contributed by atoms with van der Waals surface area (Å²) in [5.41, 5.74) is 3.72. The zero-order valence-corrected chi connectivity index (χ0v) is 16.2. The van der Waals surface area contributed by atoms with Crippen molar-refractivity contribution >= 4 is 35.7 Å². The SMILES string of the molecule is Clc1ccccc1/C=N\Nc1nc(N2CCOCC2)nc(N2CCOCC2)n1. The van der Waals surface area contributed by atoms with Gasteiger partial charge in [0.1, 0.15) is 0 Å². The Bertz CT molecular complexity index is 787. The fraction of sp³-hybridized carbons (Fsp3) is 0.444. The Morgan fingerprint density at radius 1 is 0.893 bits per heavy atom. The molecule has 0 aliphatic carbocycles. The molecule has 0 bridgehead atoms. The normalized spacial score (nSPS) is 17.9. The molecule has 2 aliphatic rings. The van der Waals surface area contributed by atoms with Gasteiger partial charge in [0.15, 0.2) is 0 Å². The molecule has 0 unspecified atom stereocenters. The maximum absolute atomic E-state index is 6.16. The molecule has 2 aromatic rings. The number of halogens is 1. The predicted molar refractivity (Wildman–Crippen MR) is 109 cm³/mol. The Morgan fingerprint density at radius 3 is 2.04 bits per heavy atom. The quantitative estimate of drug-likeness (QED) is 0.595. The van der Waals surface area contributed by atoms with Crippen molar-refractivity contribution in [3.63, 3.8) is 0 Å². The van der Waals surface area contributed by atoms with Crippen LogP contribution in [0, 0.1) is 0 Å². The van der Waals surface area contributed by atoms with Crippen LogP contribution in [0.4, 0.5) is 17.8 Å². The standard InChI is InChI=1S/C18H22ClN7O2/c19-15-4-2-1-3-14(15)13-20-24-16-21-17(25-5-9-27-10-6-25)23-18(22-16)26-7-11-28-12-8-26/h1-4,13H,5-12H2,(H,21,22,23,24)/b20-13-. The molecule has 9 nitrogen and oxygen atoms in total. The van der Waals surface area contributed by atoms with Crippen LogP contribution in [0.1, 0.15) is 5.56 Å². The molecule has 0 spiro atoms. The monoisotopic (exact) mass is 403 g/mol. The highest BCUT2D eigenvalue weighted by Gasteiger charge is 2.20. The molecule has 28 heavy (non-hydrogen) atoms. The van der Waals surface area contributed by atoms with Crippen LogP contribution in [0.25, 0.3) is 0 Å². The Balaban J connectivity index is 1.56. The summed E-state index contributed by atoms with van der Waals surface area (Å²) in [5.74, 6) is 1.63. The number of aromatic nitrogens is 3. The third kappa shape index (κ3) is 4.67. The summed E-state index contributed by atoms with van der Waals surface area (Å²) in [6.45, 7) is 5.61. The van der Waals surface area contributed by atoms with E-state index in [1.807, 2.05) is 24.3 Å². The smallest absolute Gasteiger partial charge is 0.250 e. The summed E-state index contributed by atoms with van der Waals surface area (Å²) in [5, 5.41) is 4.88. The van der Waals surface area contributed by atoms with Gasteiger partial charge in [0.25, 0.3) is 0 Å². The van der Waals surface area contributed by atoms with Gasteiger partial charge in [-0.15, -0.1) is 0 Å². The number of nitrogens with one attached hydrogen (secondary N) is 1. The average Bonchev–Trinajstić information content (AvgIpc) is 2.76. The van der Waals surface area contributed by atoms with E-state index in [0.29, 0.717) is 49.3 Å². The second kappa shape index (κ2) is 9.13. The lowest BCUT2D eigenvalue weighted by atomic mass is 10.2. The molecule has 10 heteroatoms. The summed E-state index contributed by atoms with van der Waals surface area (Å²) in [6, 6.07) is 7.49. The summed E-state index contributed by atoms with van der Waals surface area (Å²) in [4.78, 5) is 17.9. The van der Waals surface area contributed by atoms with E-state index in [1.165, 1.54) is 0 Å². The largest absolute Gasteiger partial charge is 0.378 e. The van der Waals surface area contributed by atoms with Crippen molar-refractivity contribution in [3.8, 4) is 0 Å². The third-order valence-electron chi connectivity index (χ3n) is 4.47. The Labute approximate surface area is 168 Å². The minimum absolute atomic E-state index is 0.390. The third-order valence-corrected chi connectivity index (χ3v) is 4.82. The molecule has 0 amide bonds. The fourth-order valence-electron chi connectivity index (χ4n) is 2.95. The van der Waals surface area contributed by atoms with Crippen molar-refractivity contribution in [3.05, 3.63) is 34.9 Å². The van der Waals surface area contributed by atoms with Crippen molar-refractivity contribution in [2.24, 2.45) is 5.10 Å². The van der Waals surface area contributed by atoms with Gasteiger partial charge in [0, 0.05) is 36.8 Å². The summed E-state index contributed by atoms with van der Waals surface area (Å²) < 4.78 is 10.9. The number of anilines is 3. The van der Waals surface area contributed by atoms with Crippen LogP contribution in [-0.4, -0.2) is 73.8 Å². The number of hydrazone groups is 1. The molecule has 0 radical (unpaired) electrons. The van der Waals surface area contributed by atoms with E-state index in [4.69, 9.17) is 21.1 Å². The van der Waals surface area contributed by atoms with Crippen LogP contribution in [0.15, 0.2) is 29.4 Å². The van der Waals surface area contributed by atoms with Crippen LogP contribution in [-0.2, 0) is 9.47 Å². The van der Waals surface area contributed by atoms with Gasteiger partial charge in [-0.1, -0.05) is 29.8 Å². The first-order valence-electron chi connectivity index (χ1n) is 9.25. The lowest BCUT2D eigenvalue weighted by molar-refractivity contribution is 0.121. The molecule has 148 valence electrons. The number of hydrogen-bond acceptors (Lipinski definition) is 9. The van der Waals surface area contributed by atoms with Gasteiger partial charge in [-0.05, 0) is 6.07 Å². The van der Waals surface area contributed by atoms with E-state index < -0.39 is 0 Å². The second-order valence-corrected chi connectivity index (χ2v) is 6.76. The lowest BCUT2D eigenvalue weighted by Crippen LogP contribution is -2.40.